The van der Waals surface area contributed by atoms with Gasteiger partial charge in [0.1, 0.15) is 12.4 Å². The molecule has 0 saturated carbocycles. The first-order valence-corrected chi connectivity index (χ1v) is 6.06. The van der Waals surface area contributed by atoms with Crippen LogP contribution in [0.1, 0.15) is 17.3 Å². The number of aromatic nitrogens is 1. The SMILES string of the molecule is CC(=O)c1cccc(OCCn2ccccc2=O)c1. The van der Waals surface area contributed by atoms with Gasteiger partial charge in [-0.2, -0.15) is 0 Å². The maximum Gasteiger partial charge on any atom is 0.250 e. The van der Waals surface area contributed by atoms with Crippen molar-refractivity contribution in [1.29, 1.82) is 0 Å². The summed E-state index contributed by atoms with van der Waals surface area (Å²) in [5.74, 6) is 0.640. The Hall–Kier alpha value is -2.36. The van der Waals surface area contributed by atoms with Crippen molar-refractivity contribution in [3.63, 3.8) is 0 Å². The molecule has 0 bridgehead atoms. The fourth-order valence-electron chi connectivity index (χ4n) is 1.71. The second kappa shape index (κ2) is 6.00. The van der Waals surface area contributed by atoms with Crippen molar-refractivity contribution < 1.29 is 9.53 Å². The first-order chi connectivity index (χ1) is 9.16. The third-order valence-corrected chi connectivity index (χ3v) is 2.74. The van der Waals surface area contributed by atoms with Gasteiger partial charge in [-0.1, -0.05) is 18.2 Å². The largest absolute Gasteiger partial charge is 0.492 e. The molecule has 0 N–H and O–H groups in total. The second-order valence-electron chi connectivity index (χ2n) is 4.16. The van der Waals surface area contributed by atoms with Crippen molar-refractivity contribution in [3.8, 4) is 5.75 Å². The lowest BCUT2D eigenvalue weighted by Crippen LogP contribution is -2.21. The summed E-state index contributed by atoms with van der Waals surface area (Å²) >= 11 is 0. The van der Waals surface area contributed by atoms with E-state index < -0.39 is 0 Å². The number of carbonyl (C=O) groups is 1. The molecule has 1 heterocycles. The summed E-state index contributed by atoms with van der Waals surface area (Å²) in [6.07, 6.45) is 1.72. The predicted octanol–water partition coefficient (Wildman–Crippen LogP) is 2.13. The zero-order chi connectivity index (χ0) is 13.7. The van der Waals surface area contributed by atoms with E-state index in [4.69, 9.17) is 4.74 Å². The van der Waals surface area contributed by atoms with Crippen LogP contribution in [0.25, 0.3) is 0 Å². The highest BCUT2D eigenvalue weighted by atomic mass is 16.5. The summed E-state index contributed by atoms with van der Waals surface area (Å²) in [7, 11) is 0. The molecule has 2 aromatic rings. The molecule has 0 unspecified atom stereocenters. The minimum Gasteiger partial charge on any atom is -0.492 e. The summed E-state index contributed by atoms with van der Waals surface area (Å²) in [6, 6.07) is 12.0. The molecule has 4 nitrogen and oxygen atoms in total. The van der Waals surface area contributed by atoms with Gasteiger partial charge in [0.25, 0.3) is 5.56 Å². The maximum atomic E-state index is 11.5. The molecule has 0 saturated heterocycles. The molecule has 0 atom stereocenters. The quantitative estimate of drug-likeness (QED) is 0.771. The van der Waals surface area contributed by atoms with Gasteiger partial charge >= 0.3 is 0 Å². The Labute approximate surface area is 111 Å². The molecule has 0 radical (unpaired) electrons. The summed E-state index contributed by atoms with van der Waals surface area (Å²) in [5.41, 5.74) is 0.568. The van der Waals surface area contributed by atoms with Crippen molar-refractivity contribution >= 4 is 5.78 Å². The summed E-state index contributed by atoms with van der Waals surface area (Å²) in [6.45, 7) is 2.37. The number of hydrogen-bond donors (Lipinski definition) is 0. The molecular formula is C15H15NO3. The van der Waals surface area contributed by atoms with Crippen LogP contribution < -0.4 is 10.3 Å². The Morgan fingerprint density at radius 3 is 2.79 bits per heavy atom. The Morgan fingerprint density at radius 1 is 1.21 bits per heavy atom. The van der Waals surface area contributed by atoms with Crippen molar-refractivity contribution in [2.45, 2.75) is 13.5 Å². The van der Waals surface area contributed by atoms with E-state index in [1.165, 1.54) is 13.0 Å². The number of rotatable bonds is 5. The van der Waals surface area contributed by atoms with Crippen LogP contribution in [0.3, 0.4) is 0 Å². The molecule has 19 heavy (non-hydrogen) atoms. The summed E-state index contributed by atoms with van der Waals surface area (Å²) in [4.78, 5) is 22.7. The lowest BCUT2D eigenvalue weighted by atomic mass is 10.1. The highest BCUT2D eigenvalue weighted by Gasteiger charge is 2.01. The monoisotopic (exact) mass is 257 g/mol. The molecule has 0 amide bonds. The Bertz CT molecular complexity index is 631. The first-order valence-electron chi connectivity index (χ1n) is 6.06. The minimum absolute atomic E-state index is 0.00438. The Balaban J connectivity index is 1.96. The van der Waals surface area contributed by atoms with Gasteiger partial charge < -0.3 is 9.30 Å². The van der Waals surface area contributed by atoms with Gasteiger partial charge in [-0.15, -0.1) is 0 Å². The Kier molecular flexibility index (Phi) is 4.13. The van der Waals surface area contributed by atoms with Gasteiger partial charge in [-0.05, 0) is 25.1 Å². The van der Waals surface area contributed by atoms with Gasteiger partial charge in [0.2, 0.25) is 0 Å². The summed E-state index contributed by atoms with van der Waals surface area (Å²) in [5, 5.41) is 0. The van der Waals surface area contributed by atoms with Gasteiger partial charge in [0.15, 0.2) is 5.78 Å². The van der Waals surface area contributed by atoms with Gasteiger partial charge in [-0.25, -0.2) is 0 Å². The predicted molar refractivity (Wildman–Crippen MR) is 72.6 cm³/mol. The Morgan fingerprint density at radius 2 is 2.05 bits per heavy atom. The molecule has 98 valence electrons. The number of ether oxygens (including phenoxy) is 1. The van der Waals surface area contributed by atoms with Crippen molar-refractivity contribution in [3.05, 3.63) is 64.6 Å². The van der Waals surface area contributed by atoms with Crippen LogP contribution in [-0.4, -0.2) is 17.0 Å². The molecule has 0 fully saturated rings. The third-order valence-electron chi connectivity index (χ3n) is 2.74. The average Bonchev–Trinajstić information content (AvgIpc) is 2.41. The van der Waals surface area contributed by atoms with Crippen LogP contribution in [0, 0.1) is 0 Å². The zero-order valence-electron chi connectivity index (χ0n) is 10.7. The van der Waals surface area contributed by atoms with Gasteiger partial charge in [0.05, 0.1) is 6.54 Å². The van der Waals surface area contributed by atoms with E-state index in [1.807, 2.05) is 0 Å². The van der Waals surface area contributed by atoms with Gasteiger partial charge in [-0.3, -0.25) is 9.59 Å². The van der Waals surface area contributed by atoms with Crippen molar-refractivity contribution in [2.24, 2.45) is 0 Å². The number of benzene rings is 1. The molecule has 0 aliphatic carbocycles. The molecule has 4 heteroatoms. The maximum absolute atomic E-state index is 11.5. The number of ketones is 1. The van der Waals surface area contributed by atoms with E-state index in [1.54, 1.807) is 47.2 Å². The topological polar surface area (TPSA) is 48.3 Å². The molecule has 1 aromatic carbocycles. The van der Waals surface area contributed by atoms with Crippen LogP contribution in [0.4, 0.5) is 0 Å². The lowest BCUT2D eigenvalue weighted by molar-refractivity contribution is 0.101. The van der Waals surface area contributed by atoms with E-state index >= 15 is 0 Å². The normalized spacial score (nSPS) is 10.2. The first kappa shape index (κ1) is 13.1. The van der Waals surface area contributed by atoms with Crippen LogP contribution in [-0.2, 0) is 6.54 Å². The zero-order valence-corrected chi connectivity index (χ0v) is 10.7. The van der Waals surface area contributed by atoms with E-state index in [0.29, 0.717) is 24.5 Å². The highest BCUT2D eigenvalue weighted by Crippen LogP contribution is 2.13. The smallest absolute Gasteiger partial charge is 0.250 e. The van der Waals surface area contributed by atoms with Crippen LogP contribution in [0.2, 0.25) is 0 Å². The minimum atomic E-state index is -0.0522. The molecule has 1 aromatic heterocycles. The van der Waals surface area contributed by atoms with Crippen LogP contribution in [0.5, 0.6) is 5.75 Å². The molecule has 0 aliphatic heterocycles. The number of nitrogens with zero attached hydrogens (tertiary/aromatic N) is 1. The standard InChI is InChI=1S/C15H15NO3/c1-12(17)13-5-4-6-14(11-13)19-10-9-16-8-3-2-7-15(16)18/h2-8,11H,9-10H2,1H3. The average molecular weight is 257 g/mol. The lowest BCUT2D eigenvalue weighted by Gasteiger charge is -2.08. The number of pyridine rings is 1. The third kappa shape index (κ3) is 3.55. The molecule has 2 rings (SSSR count). The van der Waals surface area contributed by atoms with E-state index in [0.717, 1.165) is 0 Å². The fraction of sp³-hybridized carbons (Fsp3) is 0.200. The number of carbonyl (C=O) groups excluding carboxylic acids is 1. The van der Waals surface area contributed by atoms with Crippen molar-refractivity contribution in [2.75, 3.05) is 6.61 Å². The van der Waals surface area contributed by atoms with Crippen molar-refractivity contribution in [1.82, 2.24) is 4.57 Å². The van der Waals surface area contributed by atoms with E-state index in [2.05, 4.69) is 0 Å². The molecule has 0 aliphatic rings. The number of hydrogen-bond acceptors (Lipinski definition) is 3. The summed E-state index contributed by atoms with van der Waals surface area (Å²) < 4.78 is 7.12. The van der Waals surface area contributed by atoms with Gasteiger partial charge in [0, 0.05) is 17.8 Å². The van der Waals surface area contributed by atoms with E-state index in [9.17, 15) is 9.59 Å². The molecule has 0 spiro atoms. The number of Topliss-reactive ketones (excluding diaryl/α,β-unsaturated/α-hetero) is 1. The van der Waals surface area contributed by atoms with Crippen LogP contribution >= 0.6 is 0 Å². The molecular weight excluding hydrogens is 242 g/mol. The van der Waals surface area contributed by atoms with Crippen LogP contribution in [0.15, 0.2) is 53.5 Å². The second-order valence-corrected chi connectivity index (χ2v) is 4.16. The fourth-order valence-corrected chi connectivity index (χ4v) is 1.71. The highest BCUT2D eigenvalue weighted by molar-refractivity contribution is 5.94. The van der Waals surface area contributed by atoms with E-state index in [-0.39, 0.29) is 11.3 Å².